The number of anilines is 1. The highest BCUT2D eigenvalue weighted by atomic mass is 32.2. The predicted molar refractivity (Wildman–Crippen MR) is 57.4 cm³/mol. The summed E-state index contributed by atoms with van der Waals surface area (Å²) >= 11 is 0. The number of nitrogen functional groups attached to an aromatic ring is 1. The van der Waals surface area contributed by atoms with E-state index in [4.69, 9.17) is 5.73 Å². The summed E-state index contributed by atoms with van der Waals surface area (Å²) in [5.41, 5.74) is 5.22. The lowest BCUT2D eigenvalue weighted by Crippen LogP contribution is -2.37. The van der Waals surface area contributed by atoms with E-state index < -0.39 is 21.8 Å². The molecule has 0 aromatic carbocycles. The number of aromatic nitrogens is 3. The number of carbonyl (C=O) groups is 1. The summed E-state index contributed by atoms with van der Waals surface area (Å²) in [7, 11) is -3.13. The molecule has 9 heteroatoms. The molecule has 0 bridgehead atoms. The van der Waals surface area contributed by atoms with E-state index in [1.54, 1.807) is 6.92 Å². The third-order valence-corrected chi connectivity index (χ3v) is 2.75. The minimum absolute atomic E-state index is 0.0408. The molecule has 1 aromatic rings. The second kappa shape index (κ2) is 4.47. The van der Waals surface area contributed by atoms with Gasteiger partial charge in [0.15, 0.2) is 0 Å². The maximum absolute atomic E-state index is 11.5. The van der Waals surface area contributed by atoms with E-state index in [1.165, 1.54) is 0 Å². The number of carbonyl (C=O) groups excluding carboxylic acids is 1. The van der Waals surface area contributed by atoms with Gasteiger partial charge in [0.1, 0.15) is 9.84 Å². The molecule has 4 N–H and O–H groups in total. The van der Waals surface area contributed by atoms with Crippen molar-refractivity contribution in [3.05, 3.63) is 5.82 Å². The van der Waals surface area contributed by atoms with Gasteiger partial charge in [-0.1, -0.05) is 0 Å². The van der Waals surface area contributed by atoms with Crippen molar-refractivity contribution in [2.45, 2.75) is 13.0 Å². The Labute approximate surface area is 92.5 Å². The average Bonchev–Trinajstić information content (AvgIpc) is 2.47. The highest BCUT2D eigenvalue weighted by Crippen LogP contribution is 1.95. The predicted octanol–water partition coefficient (Wildman–Crippen LogP) is -1.45. The Kier molecular flexibility index (Phi) is 3.48. The van der Waals surface area contributed by atoms with Crippen molar-refractivity contribution in [1.82, 2.24) is 20.5 Å². The van der Waals surface area contributed by atoms with E-state index in [2.05, 4.69) is 20.5 Å². The van der Waals surface area contributed by atoms with Crippen molar-refractivity contribution in [3.63, 3.8) is 0 Å². The molecule has 1 atom stereocenters. The molecular weight excluding hydrogens is 234 g/mol. The Morgan fingerprint density at radius 2 is 2.25 bits per heavy atom. The topological polar surface area (TPSA) is 131 Å². The first kappa shape index (κ1) is 12.4. The molecule has 0 saturated heterocycles. The van der Waals surface area contributed by atoms with Gasteiger partial charge in [0, 0.05) is 12.3 Å². The summed E-state index contributed by atoms with van der Waals surface area (Å²) in [5.74, 6) is -0.762. The van der Waals surface area contributed by atoms with E-state index in [9.17, 15) is 13.2 Å². The molecule has 90 valence electrons. The Hall–Kier alpha value is -1.64. The van der Waals surface area contributed by atoms with Crippen molar-refractivity contribution in [2.75, 3.05) is 17.7 Å². The Morgan fingerprint density at radius 3 is 2.69 bits per heavy atom. The van der Waals surface area contributed by atoms with Gasteiger partial charge in [-0.15, -0.1) is 5.10 Å². The fraction of sp³-hybridized carbons (Fsp3) is 0.571. The first-order valence-corrected chi connectivity index (χ1v) is 6.50. The maximum atomic E-state index is 11.5. The fourth-order valence-corrected chi connectivity index (χ4v) is 2.16. The quantitative estimate of drug-likeness (QED) is 0.596. The Morgan fingerprint density at radius 1 is 1.62 bits per heavy atom. The number of aromatic amines is 1. The van der Waals surface area contributed by atoms with Gasteiger partial charge in [0.2, 0.25) is 11.8 Å². The SMILES string of the molecule is CC(CS(C)(=O)=O)NC(=O)c1nc(N)n[nH]1. The largest absolute Gasteiger partial charge is 0.366 e. The van der Waals surface area contributed by atoms with E-state index in [1.807, 2.05) is 0 Å². The Balaban J connectivity index is 2.58. The lowest BCUT2D eigenvalue weighted by atomic mass is 10.4. The third kappa shape index (κ3) is 3.85. The number of rotatable bonds is 4. The van der Waals surface area contributed by atoms with Crippen molar-refractivity contribution in [3.8, 4) is 0 Å². The number of hydrogen-bond donors (Lipinski definition) is 3. The van der Waals surface area contributed by atoms with Gasteiger partial charge in [0.25, 0.3) is 5.91 Å². The van der Waals surface area contributed by atoms with Gasteiger partial charge in [-0.25, -0.2) is 8.42 Å². The molecule has 1 amide bonds. The molecule has 0 fully saturated rings. The smallest absolute Gasteiger partial charge is 0.288 e. The molecule has 0 radical (unpaired) electrons. The van der Waals surface area contributed by atoms with Gasteiger partial charge in [-0.2, -0.15) is 4.98 Å². The number of nitrogens with zero attached hydrogens (tertiary/aromatic N) is 2. The van der Waals surface area contributed by atoms with Gasteiger partial charge >= 0.3 is 0 Å². The van der Waals surface area contributed by atoms with Gasteiger partial charge < -0.3 is 11.1 Å². The van der Waals surface area contributed by atoms with Crippen LogP contribution in [0.3, 0.4) is 0 Å². The number of sulfone groups is 1. The summed E-state index contributed by atoms with van der Waals surface area (Å²) in [4.78, 5) is 15.1. The molecule has 0 saturated carbocycles. The van der Waals surface area contributed by atoms with Crippen LogP contribution < -0.4 is 11.1 Å². The molecule has 0 aliphatic heterocycles. The van der Waals surface area contributed by atoms with Crippen LogP contribution in [0.15, 0.2) is 0 Å². The maximum Gasteiger partial charge on any atom is 0.288 e. The highest BCUT2D eigenvalue weighted by Gasteiger charge is 2.16. The number of nitrogens with one attached hydrogen (secondary N) is 2. The van der Waals surface area contributed by atoms with Crippen molar-refractivity contribution >= 4 is 21.7 Å². The van der Waals surface area contributed by atoms with Crippen LogP contribution in [0.5, 0.6) is 0 Å². The zero-order valence-corrected chi connectivity index (χ0v) is 9.71. The molecule has 1 unspecified atom stereocenters. The van der Waals surface area contributed by atoms with E-state index in [0.29, 0.717) is 0 Å². The molecule has 1 heterocycles. The molecule has 0 aliphatic carbocycles. The normalized spacial score (nSPS) is 13.4. The molecule has 1 rings (SSSR count). The highest BCUT2D eigenvalue weighted by molar-refractivity contribution is 7.90. The van der Waals surface area contributed by atoms with Crippen LogP contribution in [0.25, 0.3) is 0 Å². The van der Waals surface area contributed by atoms with Crippen molar-refractivity contribution in [1.29, 1.82) is 0 Å². The lowest BCUT2D eigenvalue weighted by Gasteiger charge is -2.10. The van der Waals surface area contributed by atoms with Gasteiger partial charge in [-0.3, -0.25) is 9.89 Å². The molecule has 8 nitrogen and oxygen atoms in total. The van der Waals surface area contributed by atoms with Crippen LogP contribution in [0.4, 0.5) is 5.95 Å². The third-order valence-electron chi connectivity index (χ3n) is 1.65. The average molecular weight is 247 g/mol. The zero-order valence-electron chi connectivity index (χ0n) is 8.89. The number of H-pyrrole nitrogens is 1. The van der Waals surface area contributed by atoms with Gasteiger partial charge in [0.05, 0.1) is 5.75 Å². The van der Waals surface area contributed by atoms with Crippen LogP contribution >= 0.6 is 0 Å². The lowest BCUT2D eigenvalue weighted by molar-refractivity contribution is 0.0933. The summed E-state index contributed by atoms with van der Waals surface area (Å²) in [6.07, 6.45) is 1.10. The number of amides is 1. The summed E-state index contributed by atoms with van der Waals surface area (Å²) in [6, 6.07) is -0.506. The van der Waals surface area contributed by atoms with Crippen molar-refractivity contribution in [2.24, 2.45) is 0 Å². The molecule has 1 aromatic heterocycles. The molecule has 16 heavy (non-hydrogen) atoms. The Bertz CT molecular complexity index is 480. The van der Waals surface area contributed by atoms with Crippen molar-refractivity contribution < 1.29 is 13.2 Å². The zero-order chi connectivity index (χ0) is 12.3. The number of hydrogen-bond acceptors (Lipinski definition) is 6. The minimum atomic E-state index is -3.13. The second-order valence-electron chi connectivity index (χ2n) is 3.51. The molecule has 0 aliphatic rings. The summed E-state index contributed by atoms with van der Waals surface area (Å²) in [6.45, 7) is 1.58. The van der Waals surface area contributed by atoms with Crippen LogP contribution in [0, 0.1) is 0 Å². The van der Waals surface area contributed by atoms with Crippen LogP contribution in [0.1, 0.15) is 17.5 Å². The fourth-order valence-electron chi connectivity index (χ4n) is 1.16. The number of nitrogens with two attached hydrogens (primary N) is 1. The molecular formula is C7H13N5O3S. The van der Waals surface area contributed by atoms with Crippen LogP contribution in [-0.4, -0.2) is 47.6 Å². The standard InChI is InChI=1S/C7H13N5O3S/c1-4(3-16(2,14)15)9-6(13)5-10-7(8)12-11-5/h4H,3H2,1-2H3,(H,9,13)(H3,8,10,11,12). The van der Waals surface area contributed by atoms with E-state index in [0.717, 1.165) is 6.26 Å². The van der Waals surface area contributed by atoms with Crippen LogP contribution in [0.2, 0.25) is 0 Å². The molecule has 0 spiro atoms. The minimum Gasteiger partial charge on any atom is -0.366 e. The second-order valence-corrected chi connectivity index (χ2v) is 5.69. The summed E-state index contributed by atoms with van der Waals surface area (Å²) in [5, 5.41) is 8.27. The van der Waals surface area contributed by atoms with Crippen LogP contribution in [-0.2, 0) is 9.84 Å². The first-order valence-electron chi connectivity index (χ1n) is 4.44. The van der Waals surface area contributed by atoms with Gasteiger partial charge in [-0.05, 0) is 6.92 Å². The van der Waals surface area contributed by atoms with E-state index in [-0.39, 0.29) is 17.5 Å². The summed E-state index contributed by atoms with van der Waals surface area (Å²) < 4.78 is 21.9. The first-order chi connectivity index (χ1) is 7.28. The van der Waals surface area contributed by atoms with E-state index >= 15 is 0 Å². The monoisotopic (exact) mass is 247 g/mol.